The molecule has 0 fully saturated rings. The van der Waals surface area contributed by atoms with Crippen molar-refractivity contribution in [1.29, 1.82) is 0 Å². The molecule has 0 saturated carbocycles. The number of carbonyl (C=O) groups excluding carboxylic acids is 2. The van der Waals surface area contributed by atoms with Gasteiger partial charge in [0.05, 0.1) is 19.6 Å². The van der Waals surface area contributed by atoms with E-state index >= 15 is 0 Å². The van der Waals surface area contributed by atoms with Gasteiger partial charge in [-0.25, -0.2) is 0 Å². The van der Waals surface area contributed by atoms with E-state index < -0.39 is 11.9 Å². The Morgan fingerprint density at radius 1 is 1.15 bits per heavy atom. The highest BCUT2D eigenvalue weighted by molar-refractivity contribution is 6.35. The summed E-state index contributed by atoms with van der Waals surface area (Å²) < 4.78 is 10.1. The first-order valence-electron chi connectivity index (χ1n) is 7.92. The molecule has 7 heteroatoms. The fraction of sp³-hybridized carbons (Fsp3) is 0.263. The van der Waals surface area contributed by atoms with Crippen molar-refractivity contribution in [3.63, 3.8) is 0 Å². The molecule has 0 unspecified atom stereocenters. The molecule has 0 aromatic heterocycles. The Balaban J connectivity index is 1.83. The fourth-order valence-corrected chi connectivity index (χ4v) is 2.93. The molecule has 26 heavy (non-hydrogen) atoms. The summed E-state index contributed by atoms with van der Waals surface area (Å²) >= 11 is 12.0. The van der Waals surface area contributed by atoms with Gasteiger partial charge in [0.1, 0.15) is 5.75 Å². The number of benzene rings is 2. The molecular formula is C19H19Cl2NO4. The number of ether oxygens (including phenoxy) is 2. The Morgan fingerprint density at radius 3 is 2.62 bits per heavy atom. The summed E-state index contributed by atoms with van der Waals surface area (Å²) in [5.41, 5.74) is 1.48. The molecule has 0 bridgehead atoms. The highest BCUT2D eigenvalue weighted by Gasteiger charge is 2.15. The lowest BCUT2D eigenvalue weighted by Gasteiger charge is -2.16. The summed E-state index contributed by atoms with van der Waals surface area (Å²) in [7, 11) is 1.55. The average molecular weight is 396 g/mol. The first kappa shape index (κ1) is 20.1. The number of rotatable bonds is 7. The minimum atomic E-state index is -0.495. The molecule has 0 aliphatic heterocycles. The second-order valence-corrected chi connectivity index (χ2v) is 6.49. The SMILES string of the molecule is COc1cccc(CC(=O)OCC(=O)N[C@@H](C)c2ccc(Cl)cc2Cl)c1. The maximum Gasteiger partial charge on any atom is 0.310 e. The summed E-state index contributed by atoms with van der Waals surface area (Å²) in [4.78, 5) is 23.9. The van der Waals surface area contributed by atoms with Gasteiger partial charge in [-0.3, -0.25) is 9.59 Å². The molecule has 0 spiro atoms. The molecule has 1 amide bonds. The van der Waals surface area contributed by atoms with Gasteiger partial charge in [0.15, 0.2) is 6.61 Å². The van der Waals surface area contributed by atoms with Crippen LogP contribution in [0.3, 0.4) is 0 Å². The topological polar surface area (TPSA) is 64.6 Å². The molecule has 2 aromatic rings. The van der Waals surface area contributed by atoms with Crippen LogP contribution in [0, 0.1) is 0 Å². The van der Waals surface area contributed by atoms with Crippen LogP contribution in [0.1, 0.15) is 24.1 Å². The highest BCUT2D eigenvalue weighted by atomic mass is 35.5. The van der Waals surface area contributed by atoms with Crippen LogP contribution in [0.2, 0.25) is 10.0 Å². The number of carbonyl (C=O) groups is 2. The van der Waals surface area contributed by atoms with E-state index in [1.807, 2.05) is 0 Å². The van der Waals surface area contributed by atoms with Crippen LogP contribution < -0.4 is 10.1 Å². The van der Waals surface area contributed by atoms with Crippen molar-refractivity contribution in [2.24, 2.45) is 0 Å². The summed E-state index contributed by atoms with van der Waals surface area (Å²) in [6.07, 6.45) is 0.0586. The van der Waals surface area contributed by atoms with Gasteiger partial charge >= 0.3 is 5.97 Å². The molecule has 138 valence electrons. The fourth-order valence-electron chi connectivity index (χ4n) is 2.36. The monoisotopic (exact) mass is 395 g/mol. The summed E-state index contributed by atoms with van der Waals surface area (Å²) in [5, 5.41) is 3.71. The number of amides is 1. The van der Waals surface area contributed by atoms with Gasteiger partial charge in [-0.1, -0.05) is 41.4 Å². The Morgan fingerprint density at radius 2 is 1.92 bits per heavy atom. The van der Waals surface area contributed by atoms with Gasteiger partial charge in [0, 0.05) is 10.0 Å². The van der Waals surface area contributed by atoms with Gasteiger partial charge in [-0.15, -0.1) is 0 Å². The van der Waals surface area contributed by atoms with E-state index in [1.165, 1.54) is 0 Å². The molecule has 1 N–H and O–H groups in total. The molecule has 0 heterocycles. The van der Waals surface area contributed by atoms with Crippen molar-refractivity contribution in [3.8, 4) is 5.75 Å². The minimum absolute atomic E-state index is 0.0586. The summed E-state index contributed by atoms with van der Waals surface area (Å²) in [6.45, 7) is 1.42. The first-order chi connectivity index (χ1) is 12.4. The third-order valence-electron chi connectivity index (χ3n) is 3.65. The number of esters is 1. The predicted octanol–water partition coefficient (Wildman–Crippen LogP) is 3.97. The minimum Gasteiger partial charge on any atom is -0.497 e. The lowest BCUT2D eigenvalue weighted by Crippen LogP contribution is -2.31. The van der Waals surface area contributed by atoms with Crippen LogP contribution in [-0.4, -0.2) is 25.6 Å². The molecule has 0 saturated heterocycles. The highest BCUT2D eigenvalue weighted by Crippen LogP contribution is 2.26. The zero-order valence-electron chi connectivity index (χ0n) is 14.4. The Labute approximate surface area is 162 Å². The van der Waals surface area contributed by atoms with Gasteiger partial charge in [-0.05, 0) is 42.3 Å². The first-order valence-corrected chi connectivity index (χ1v) is 8.67. The number of methoxy groups -OCH3 is 1. The van der Waals surface area contributed by atoms with E-state index in [9.17, 15) is 9.59 Å². The third-order valence-corrected chi connectivity index (χ3v) is 4.22. The number of halogens is 2. The van der Waals surface area contributed by atoms with E-state index in [2.05, 4.69) is 5.32 Å². The summed E-state index contributed by atoms with van der Waals surface area (Å²) in [6, 6.07) is 11.8. The smallest absolute Gasteiger partial charge is 0.310 e. The molecule has 5 nitrogen and oxygen atoms in total. The Hall–Kier alpha value is -2.24. The van der Waals surface area contributed by atoms with Gasteiger partial charge in [-0.2, -0.15) is 0 Å². The quantitative estimate of drug-likeness (QED) is 0.720. The molecular weight excluding hydrogens is 377 g/mol. The van der Waals surface area contributed by atoms with E-state index in [0.717, 1.165) is 11.1 Å². The van der Waals surface area contributed by atoms with Crippen LogP contribution in [-0.2, 0) is 20.7 Å². The molecule has 0 radical (unpaired) electrons. The van der Waals surface area contributed by atoms with Crippen molar-refractivity contribution < 1.29 is 19.1 Å². The van der Waals surface area contributed by atoms with E-state index in [1.54, 1.807) is 56.5 Å². The van der Waals surface area contributed by atoms with Gasteiger partial charge in [0.2, 0.25) is 0 Å². The molecule has 2 aromatic carbocycles. The third kappa shape index (κ3) is 5.93. The van der Waals surface area contributed by atoms with E-state index in [0.29, 0.717) is 15.8 Å². The van der Waals surface area contributed by atoms with Crippen LogP contribution in [0.15, 0.2) is 42.5 Å². The van der Waals surface area contributed by atoms with Gasteiger partial charge < -0.3 is 14.8 Å². The number of nitrogens with one attached hydrogen (secondary N) is 1. The van der Waals surface area contributed by atoms with Crippen molar-refractivity contribution in [2.45, 2.75) is 19.4 Å². The molecule has 0 aliphatic rings. The van der Waals surface area contributed by atoms with Crippen LogP contribution in [0.5, 0.6) is 5.75 Å². The van der Waals surface area contributed by atoms with Crippen molar-refractivity contribution in [1.82, 2.24) is 5.32 Å². The summed E-state index contributed by atoms with van der Waals surface area (Å²) in [5.74, 6) is -0.255. The van der Waals surface area contributed by atoms with Crippen molar-refractivity contribution in [3.05, 3.63) is 63.6 Å². The van der Waals surface area contributed by atoms with Crippen molar-refractivity contribution >= 4 is 35.1 Å². The molecule has 0 aliphatic carbocycles. The van der Waals surface area contributed by atoms with E-state index in [4.69, 9.17) is 32.7 Å². The predicted molar refractivity (Wildman–Crippen MR) is 101 cm³/mol. The number of hydrogen-bond donors (Lipinski definition) is 1. The normalized spacial score (nSPS) is 11.5. The second-order valence-electron chi connectivity index (χ2n) is 5.64. The lowest BCUT2D eigenvalue weighted by molar-refractivity contribution is -0.148. The van der Waals surface area contributed by atoms with Crippen LogP contribution in [0.4, 0.5) is 0 Å². The lowest BCUT2D eigenvalue weighted by atomic mass is 10.1. The van der Waals surface area contributed by atoms with E-state index in [-0.39, 0.29) is 19.1 Å². The van der Waals surface area contributed by atoms with Crippen LogP contribution in [0.25, 0.3) is 0 Å². The zero-order valence-corrected chi connectivity index (χ0v) is 15.9. The Bertz CT molecular complexity index is 795. The largest absolute Gasteiger partial charge is 0.497 e. The maximum absolute atomic E-state index is 12.0. The zero-order chi connectivity index (χ0) is 19.1. The molecule has 2 rings (SSSR count). The Kier molecular flexibility index (Phi) is 7.30. The molecule has 1 atom stereocenters. The maximum atomic E-state index is 12.0. The van der Waals surface area contributed by atoms with Gasteiger partial charge in [0.25, 0.3) is 5.91 Å². The second kappa shape index (κ2) is 9.46. The van der Waals surface area contributed by atoms with Crippen molar-refractivity contribution in [2.75, 3.05) is 13.7 Å². The standard InChI is InChI=1S/C19H19Cl2NO4/c1-12(16-7-6-14(20)10-17(16)21)22-18(23)11-26-19(24)9-13-4-3-5-15(8-13)25-2/h3-8,10,12H,9,11H2,1-2H3,(H,22,23)/t12-/m0/s1. The number of hydrogen-bond acceptors (Lipinski definition) is 4. The average Bonchev–Trinajstić information content (AvgIpc) is 2.60. The van der Waals surface area contributed by atoms with Crippen LogP contribution >= 0.6 is 23.2 Å².